The number of rotatable bonds is 4. The lowest BCUT2D eigenvalue weighted by Gasteiger charge is -2.48. The van der Waals surface area contributed by atoms with Crippen molar-refractivity contribution in [3.63, 3.8) is 0 Å². The molecule has 1 aliphatic carbocycles. The zero-order chi connectivity index (χ0) is 14.9. The Hall–Kier alpha value is -1.31. The van der Waals surface area contributed by atoms with Crippen molar-refractivity contribution in [3.05, 3.63) is 77.2 Å². The van der Waals surface area contributed by atoms with Gasteiger partial charge >= 0.3 is 0 Å². The van der Waals surface area contributed by atoms with Gasteiger partial charge in [-0.3, -0.25) is 0 Å². The van der Waals surface area contributed by atoms with E-state index in [1.54, 1.807) is 0 Å². The normalized spacial score (nSPS) is 18.0. The first-order chi connectivity index (χ1) is 10.2. The van der Waals surface area contributed by atoms with Crippen LogP contribution in [0.25, 0.3) is 0 Å². The monoisotopic (exact) mass is 298 g/mol. The Morgan fingerprint density at radius 3 is 2.38 bits per heavy atom. The minimum Gasteiger partial charge on any atom is -0.330 e. The molecule has 2 N–H and O–H groups in total. The minimum absolute atomic E-state index is 0.160. The molecule has 0 spiro atoms. The summed E-state index contributed by atoms with van der Waals surface area (Å²) in [4.78, 5) is 0. The lowest BCUT2D eigenvalue weighted by atomic mass is 9.56. The molecule has 3 rings (SSSR count). The van der Waals surface area contributed by atoms with E-state index >= 15 is 0 Å². The van der Waals surface area contributed by atoms with Crippen molar-refractivity contribution in [2.75, 3.05) is 6.54 Å². The van der Waals surface area contributed by atoms with E-state index in [1.807, 2.05) is 18.2 Å². The van der Waals surface area contributed by atoms with Crippen LogP contribution in [0.1, 0.15) is 41.9 Å². The highest BCUT2D eigenvalue weighted by atomic mass is 35.5. The smallest absolute Gasteiger partial charge is 0.0406 e. The predicted octanol–water partition coefficient (Wildman–Crippen LogP) is 4.69. The van der Waals surface area contributed by atoms with E-state index in [2.05, 4.69) is 37.3 Å². The fourth-order valence-corrected chi connectivity index (χ4v) is 3.79. The van der Waals surface area contributed by atoms with Crippen LogP contribution in [-0.2, 0) is 5.41 Å². The van der Waals surface area contributed by atoms with Crippen LogP contribution in [0.5, 0.6) is 0 Å². The van der Waals surface area contributed by atoms with Crippen LogP contribution in [0.3, 0.4) is 0 Å². The van der Waals surface area contributed by atoms with E-state index in [1.165, 1.54) is 30.4 Å². The van der Waals surface area contributed by atoms with E-state index in [4.69, 9.17) is 17.3 Å². The quantitative estimate of drug-likeness (QED) is 0.871. The molecule has 1 saturated carbocycles. The Morgan fingerprint density at radius 2 is 1.86 bits per heavy atom. The van der Waals surface area contributed by atoms with Crippen molar-refractivity contribution < 1.29 is 0 Å². The molecule has 0 aliphatic heterocycles. The molecule has 1 nitrogen and oxygen atoms in total. The summed E-state index contributed by atoms with van der Waals surface area (Å²) in [5.74, 6) is 0.342. The fraction of sp³-hybridized carbons (Fsp3) is 0.316. The van der Waals surface area contributed by atoms with Gasteiger partial charge in [-0.15, -0.1) is 0 Å². The molecule has 0 heterocycles. The molecular formula is C19H21ClN. The Labute approximate surface area is 132 Å². The number of halogens is 1. The topological polar surface area (TPSA) is 26.0 Å². The maximum atomic E-state index is 6.17. The zero-order valence-corrected chi connectivity index (χ0v) is 12.9. The maximum absolute atomic E-state index is 6.17. The molecule has 1 unspecified atom stereocenters. The number of benzene rings is 2. The zero-order valence-electron chi connectivity index (χ0n) is 12.2. The highest BCUT2D eigenvalue weighted by Crippen LogP contribution is 2.53. The van der Waals surface area contributed by atoms with Gasteiger partial charge < -0.3 is 5.73 Å². The van der Waals surface area contributed by atoms with E-state index in [0.29, 0.717) is 12.5 Å². The van der Waals surface area contributed by atoms with Crippen LogP contribution < -0.4 is 5.73 Å². The van der Waals surface area contributed by atoms with Gasteiger partial charge in [0.15, 0.2) is 0 Å². The molecule has 0 amide bonds. The highest BCUT2D eigenvalue weighted by molar-refractivity contribution is 6.30. The van der Waals surface area contributed by atoms with Gasteiger partial charge in [0.25, 0.3) is 0 Å². The molecule has 0 bridgehead atoms. The van der Waals surface area contributed by atoms with Crippen LogP contribution in [0.4, 0.5) is 0 Å². The predicted molar refractivity (Wildman–Crippen MR) is 89.7 cm³/mol. The molecule has 109 valence electrons. The van der Waals surface area contributed by atoms with E-state index in [-0.39, 0.29) is 5.41 Å². The van der Waals surface area contributed by atoms with Crippen molar-refractivity contribution in [1.82, 2.24) is 0 Å². The highest BCUT2D eigenvalue weighted by Gasteiger charge is 2.45. The molecule has 1 fully saturated rings. The lowest BCUT2D eigenvalue weighted by Crippen LogP contribution is -2.43. The third-order valence-electron chi connectivity index (χ3n) is 4.92. The van der Waals surface area contributed by atoms with Gasteiger partial charge in [0, 0.05) is 22.9 Å². The first-order valence-corrected chi connectivity index (χ1v) is 7.91. The van der Waals surface area contributed by atoms with Gasteiger partial charge in [0.05, 0.1) is 0 Å². The third-order valence-corrected chi connectivity index (χ3v) is 5.17. The number of hydrogen-bond donors (Lipinski definition) is 1. The van der Waals surface area contributed by atoms with Gasteiger partial charge in [-0.2, -0.15) is 0 Å². The van der Waals surface area contributed by atoms with Gasteiger partial charge in [0.1, 0.15) is 0 Å². The molecule has 21 heavy (non-hydrogen) atoms. The number of hydrogen-bond acceptors (Lipinski definition) is 1. The van der Waals surface area contributed by atoms with Crippen LogP contribution in [-0.4, -0.2) is 6.54 Å². The van der Waals surface area contributed by atoms with Gasteiger partial charge in [-0.1, -0.05) is 54.4 Å². The van der Waals surface area contributed by atoms with E-state index < -0.39 is 0 Å². The van der Waals surface area contributed by atoms with Crippen LogP contribution in [0.2, 0.25) is 5.02 Å². The van der Waals surface area contributed by atoms with Crippen molar-refractivity contribution in [1.29, 1.82) is 0 Å². The number of nitrogens with two attached hydrogens (primary N) is 1. The summed E-state index contributed by atoms with van der Waals surface area (Å²) in [5.41, 5.74) is 10.1. The first-order valence-electron chi connectivity index (χ1n) is 7.54. The summed E-state index contributed by atoms with van der Waals surface area (Å²) < 4.78 is 0. The largest absolute Gasteiger partial charge is 0.330 e. The Kier molecular flexibility index (Phi) is 4.05. The summed E-state index contributed by atoms with van der Waals surface area (Å²) in [5, 5.41) is 0.789. The molecule has 0 aromatic heterocycles. The molecular weight excluding hydrogens is 278 g/mol. The summed E-state index contributed by atoms with van der Waals surface area (Å²) in [7, 11) is 0. The standard InChI is InChI=1S/C19H21ClN/c1-14-4-2-5-15(12-14)18(13-21)19(10-3-11-19)16-6-8-17(20)9-7-16/h2,4-9,12,18H,1,3,10-11,13,21H2. The van der Waals surface area contributed by atoms with E-state index in [9.17, 15) is 0 Å². The summed E-state index contributed by atoms with van der Waals surface area (Å²) >= 11 is 6.04. The molecule has 1 radical (unpaired) electrons. The second-order valence-corrected chi connectivity index (χ2v) is 6.49. The Bertz CT molecular complexity index is 614. The van der Waals surface area contributed by atoms with Crippen LogP contribution >= 0.6 is 11.6 Å². The summed E-state index contributed by atoms with van der Waals surface area (Å²) in [6, 6.07) is 16.8. The van der Waals surface area contributed by atoms with Gasteiger partial charge in [-0.05, 0) is 48.6 Å². The molecule has 1 atom stereocenters. The summed E-state index contributed by atoms with van der Waals surface area (Å²) in [6.07, 6.45) is 3.65. The van der Waals surface area contributed by atoms with Crippen molar-refractivity contribution in [2.45, 2.75) is 30.6 Å². The fourth-order valence-electron chi connectivity index (χ4n) is 3.67. The second-order valence-electron chi connectivity index (χ2n) is 6.05. The van der Waals surface area contributed by atoms with Crippen molar-refractivity contribution >= 4 is 11.6 Å². The van der Waals surface area contributed by atoms with Gasteiger partial charge in [-0.25, -0.2) is 0 Å². The minimum atomic E-state index is 0.160. The van der Waals surface area contributed by atoms with Crippen molar-refractivity contribution in [2.24, 2.45) is 5.73 Å². The average Bonchev–Trinajstić information content (AvgIpc) is 2.44. The Balaban J connectivity index is 2.02. The van der Waals surface area contributed by atoms with Gasteiger partial charge in [0.2, 0.25) is 0 Å². The van der Waals surface area contributed by atoms with Crippen LogP contribution in [0, 0.1) is 6.92 Å². The maximum Gasteiger partial charge on any atom is 0.0406 e. The molecule has 1 aliphatic rings. The molecule has 2 heteroatoms. The average molecular weight is 299 g/mol. The first kappa shape index (κ1) is 14.6. The Morgan fingerprint density at radius 1 is 1.14 bits per heavy atom. The SMILES string of the molecule is [CH2]c1cccc(C(CN)C2(c3ccc(Cl)cc3)CCC2)c1. The lowest BCUT2D eigenvalue weighted by molar-refractivity contribution is 0.197. The molecule has 2 aromatic rings. The summed E-state index contributed by atoms with van der Waals surface area (Å²) in [6.45, 7) is 4.71. The van der Waals surface area contributed by atoms with E-state index in [0.717, 1.165) is 10.6 Å². The second kappa shape index (κ2) is 5.82. The third kappa shape index (κ3) is 2.61. The molecule has 2 aromatic carbocycles. The molecule has 0 saturated heterocycles. The van der Waals surface area contributed by atoms with Crippen molar-refractivity contribution in [3.8, 4) is 0 Å². The van der Waals surface area contributed by atoms with Crippen LogP contribution in [0.15, 0.2) is 48.5 Å².